The third-order valence-corrected chi connectivity index (χ3v) is 15.9. The number of hydrogen-bond donors (Lipinski definition) is 30. The molecule has 0 aliphatic carbocycles. The molecule has 684 valence electrons. The van der Waals surface area contributed by atoms with Gasteiger partial charge in [-0.05, 0) is 19.3 Å². The molecule has 51 nitrogen and oxygen atoms in total. The first kappa shape index (κ1) is 128. The van der Waals surface area contributed by atoms with Crippen LogP contribution in [0.15, 0.2) is 0 Å². The minimum absolute atomic E-state index is 0. The summed E-state index contributed by atoms with van der Waals surface area (Å²) in [5.41, 5.74) is 0. The predicted molar refractivity (Wildman–Crippen MR) is 430 cm³/mol. The zero-order valence-electron chi connectivity index (χ0n) is 64.3. The molecule has 0 spiro atoms. The number of aromatic nitrogens is 9. The average Bonchev–Trinajstić information content (AvgIpc) is 0.855. The number of hydrogen-bond acceptors (Lipinski definition) is 51. The molecule has 3 heterocycles. The predicted octanol–water partition coefficient (Wildman–Crippen LogP) is -4.39. The van der Waals surface area contributed by atoms with E-state index < -0.39 is 134 Å². The topological polar surface area (TPSA) is 788 Å². The second-order valence-corrected chi connectivity index (χ2v) is 29.2. The van der Waals surface area contributed by atoms with Crippen molar-refractivity contribution in [2.45, 2.75) is 115 Å². The fourth-order valence-electron chi connectivity index (χ4n) is 6.19. The Morgan fingerprint density at radius 3 is 0.479 bits per heavy atom. The Hall–Kier alpha value is -6.75. The first-order valence-corrected chi connectivity index (χ1v) is 41.6. The Balaban J connectivity index is -0.000000184. The Morgan fingerprint density at radius 1 is 0.274 bits per heavy atom. The molecule has 0 bridgehead atoms. The molecule has 3 aromatic rings. The Bertz CT molecular complexity index is 2850. The fourth-order valence-corrected chi connectivity index (χ4v) is 9.59. The summed E-state index contributed by atoms with van der Waals surface area (Å²) in [6.45, 7) is 7.12. The van der Waals surface area contributed by atoms with Gasteiger partial charge in [0.05, 0.1) is 42.7 Å². The smallest absolute Gasteiger partial charge is 0.481 e. The van der Waals surface area contributed by atoms with Gasteiger partial charge in [-0.25, -0.2) is 28.8 Å². The zero-order valence-corrected chi connectivity index (χ0v) is 77.3. The largest absolute Gasteiger partial charge is 0.492 e. The second-order valence-electron chi connectivity index (χ2n) is 20.9. The van der Waals surface area contributed by atoms with Crippen molar-refractivity contribution in [1.82, 2.24) is 44.9 Å². The number of carboxylic acids is 6. The maximum absolute atomic E-state index is 11.8. The second kappa shape index (κ2) is 74.3. The molecule has 0 fully saturated rings. The van der Waals surface area contributed by atoms with E-state index in [1.54, 1.807) is 0 Å². The van der Waals surface area contributed by atoms with E-state index in [-0.39, 0.29) is 206 Å². The maximum atomic E-state index is 11.8. The van der Waals surface area contributed by atoms with Gasteiger partial charge in [0, 0.05) is 175 Å². The minimum Gasteiger partial charge on any atom is -0.481 e. The number of thiol groups is 6. The molecule has 6 atom stereocenters. The first-order valence-electron chi connectivity index (χ1n) is 31.7. The van der Waals surface area contributed by atoms with Crippen LogP contribution in [0.2, 0.25) is 18.1 Å². The monoisotopic (exact) mass is 2120 g/mol. The van der Waals surface area contributed by atoms with Crippen LogP contribution in [0.3, 0.4) is 0 Å². The molecule has 117 heavy (non-hydrogen) atoms. The minimum atomic E-state index is -4.14. The van der Waals surface area contributed by atoms with Gasteiger partial charge < -0.3 is 150 Å². The molecular weight excluding hydrogens is 2020 g/mol. The quantitative estimate of drug-likeness (QED) is 0.00843. The van der Waals surface area contributed by atoms with Crippen LogP contribution in [-0.4, -0.2) is 350 Å². The van der Waals surface area contributed by atoms with Gasteiger partial charge in [0.2, 0.25) is 53.5 Å². The molecule has 0 aromatic carbocycles. The number of nitrogens with zero attached hydrogens (tertiary/aromatic N) is 9. The summed E-state index contributed by atoms with van der Waals surface area (Å²) in [5.74, 6) is -7.67. The maximum Gasteiger partial charge on any atom is 0.492 e. The number of nitrogens with one attached hydrogen (secondary N) is 9. The van der Waals surface area contributed by atoms with Gasteiger partial charge in [-0.1, -0.05) is 0 Å². The van der Waals surface area contributed by atoms with Crippen LogP contribution in [0, 0.1) is 0 Å². The van der Waals surface area contributed by atoms with E-state index in [0.29, 0.717) is 0 Å². The van der Waals surface area contributed by atoms with E-state index in [0.717, 1.165) is 41.5 Å². The number of anilines is 9. The van der Waals surface area contributed by atoms with Crippen molar-refractivity contribution < 1.29 is 221 Å². The van der Waals surface area contributed by atoms with Crippen molar-refractivity contribution in [3.63, 3.8) is 0 Å². The molecule has 0 saturated carbocycles. The van der Waals surface area contributed by atoms with Crippen molar-refractivity contribution in [3.8, 4) is 0 Å². The summed E-state index contributed by atoms with van der Waals surface area (Å²) in [7, 11) is -5.04. The standard InChI is InChI=1S/3C14H26N6O7S2Si.6C2H4O2.3Pd/c3*1-26-10(21)8(6-28)16-13-18-12(15-4-3-5-30(23,24)25)19-14(20-13)17-9(7-29)11(22)27-2;6*1-2(3)4;;;/h3*8-9,23-25,28-29H,3-7H2,1-2H3,(H3,15,16,17,18,19,20);6*1H3,(H,3,4);;;/t3*8-,9-;;;;;;;;;/m000........./s1. The van der Waals surface area contributed by atoms with Crippen molar-refractivity contribution in [2.75, 3.05) is 145 Å². The molecule has 3 rings (SSSR count). The normalized spacial score (nSPS) is 11.4. The van der Waals surface area contributed by atoms with E-state index >= 15 is 0 Å². The van der Waals surface area contributed by atoms with Gasteiger partial charge in [-0.15, -0.1) is 0 Å². The third-order valence-electron chi connectivity index (χ3n) is 10.7. The Kier molecular flexibility index (Phi) is 81.5. The van der Waals surface area contributed by atoms with Crippen molar-refractivity contribution in [1.29, 1.82) is 0 Å². The van der Waals surface area contributed by atoms with Crippen molar-refractivity contribution in [3.05, 3.63) is 0 Å². The number of carboxylic acid groups (broad SMARTS) is 6. The molecule has 63 heteroatoms. The van der Waals surface area contributed by atoms with E-state index in [1.807, 2.05) is 0 Å². The number of methoxy groups -OCH3 is 6. The summed E-state index contributed by atoms with van der Waals surface area (Å²) >= 11 is 24.6. The Morgan fingerprint density at radius 2 is 0.385 bits per heavy atom. The molecule has 0 radical (unpaired) electrons. The van der Waals surface area contributed by atoms with E-state index in [1.165, 1.54) is 42.7 Å². The van der Waals surface area contributed by atoms with Crippen molar-refractivity contribution >= 4 is 227 Å². The van der Waals surface area contributed by atoms with Gasteiger partial charge in [-0.2, -0.15) is 121 Å². The van der Waals surface area contributed by atoms with Crippen molar-refractivity contribution in [2.24, 2.45) is 0 Å². The number of ether oxygens (including phenoxy) is 6. The van der Waals surface area contributed by atoms with E-state index in [4.69, 9.17) is 103 Å². The first-order chi connectivity index (χ1) is 52.8. The van der Waals surface area contributed by atoms with Gasteiger partial charge in [-0.3, -0.25) is 28.8 Å². The summed E-state index contributed by atoms with van der Waals surface area (Å²) in [5, 5.41) is 69.6. The summed E-state index contributed by atoms with van der Waals surface area (Å²) in [6.07, 6.45) is 0.696. The van der Waals surface area contributed by atoms with E-state index in [9.17, 15) is 28.8 Å². The number of aliphatic carboxylic acids is 6. The van der Waals surface area contributed by atoms with Gasteiger partial charge in [0.25, 0.3) is 35.8 Å². The molecule has 0 aliphatic rings. The zero-order chi connectivity index (χ0) is 89.7. The van der Waals surface area contributed by atoms with Crippen LogP contribution in [-0.2, 0) is 147 Å². The summed E-state index contributed by atoms with van der Waals surface area (Å²) in [6, 6.07) is -5.56. The van der Waals surface area contributed by atoms with Crippen LogP contribution in [0.1, 0.15) is 60.8 Å². The molecule has 0 saturated heterocycles. The fraction of sp³-hybridized carbons (Fsp3) is 0.611. The van der Waals surface area contributed by atoms with E-state index in [2.05, 4.69) is 197 Å². The SMILES string of the molecule is CC(=O)O.CC(=O)O.CC(=O)O.CC(=O)O.CC(=O)O.CC(=O)O.COC(=O)[C@H](CS)Nc1nc(NCCC[Si](O)(O)O)nc(N[C@@H](CS)C(=O)OC)n1.COC(=O)[C@H](CS)Nc1nc(NCCC[Si](O)(O)O)nc(N[C@@H](CS)C(=O)OC)n1.COC(=O)[C@H](CS)Nc1nc(NCCC[Si](O)(O)O)nc(N[C@@H](CS)C(=O)OC)n1.[Pd].[Pd].[Pd]. The summed E-state index contributed by atoms with van der Waals surface area (Å²) in [4.78, 5) is 244. The third kappa shape index (κ3) is 80.1. The molecule has 0 amide bonds. The number of carbonyl (C=O) groups excluding carboxylic acids is 6. The van der Waals surface area contributed by atoms with Crippen LogP contribution in [0.4, 0.5) is 53.5 Å². The van der Waals surface area contributed by atoms with Crippen LogP contribution in [0.5, 0.6) is 0 Å². The number of rotatable bonds is 39. The Labute approximate surface area is 747 Å². The van der Waals surface area contributed by atoms with Crippen LogP contribution in [0.25, 0.3) is 0 Å². The van der Waals surface area contributed by atoms with Gasteiger partial charge in [0.1, 0.15) is 36.3 Å². The van der Waals surface area contributed by atoms with Crippen LogP contribution < -0.4 is 47.9 Å². The van der Waals surface area contributed by atoms with Gasteiger partial charge in [0.15, 0.2) is 0 Å². The average molecular weight is 2130 g/mol. The summed E-state index contributed by atoms with van der Waals surface area (Å²) < 4.78 is 28.1. The van der Waals surface area contributed by atoms with Crippen LogP contribution >= 0.6 is 75.8 Å². The van der Waals surface area contributed by atoms with Gasteiger partial charge >= 0.3 is 62.2 Å². The molecule has 0 unspecified atom stereocenters. The molecule has 0 aliphatic heterocycles. The molecular formula is C54H102N18O33Pd3S6Si3. The molecule has 24 N–H and O–H groups in total. The number of esters is 6. The molecule has 3 aromatic heterocycles. The number of carbonyl (C=O) groups is 12.